The van der Waals surface area contributed by atoms with Crippen LogP contribution in [0.3, 0.4) is 0 Å². The molecule has 0 aliphatic rings. The van der Waals surface area contributed by atoms with Crippen molar-refractivity contribution in [2.24, 2.45) is 5.73 Å². The number of ether oxygens (including phenoxy) is 1. The van der Waals surface area contributed by atoms with E-state index in [2.05, 4.69) is 13.5 Å². The third-order valence-electron chi connectivity index (χ3n) is 2.82. The Labute approximate surface area is 120 Å². The summed E-state index contributed by atoms with van der Waals surface area (Å²) in [5.74, 6) is -0.958. The summed E-state index contributed by atoms with van der Waals surface area (Å²) in [5.41, 5.74) is 5.00. The monoisotopic (exact) mass is 283 g/mol. The van der Waals surface area contributed by atoms with Crippen LogP contribution in [0.2, 0.25) is 0 Å². The van der Waals surface area contributed by atoms with E-state index >= 15 is 0 Å². The van der Waals surface area contributed by atoms with Gasteiger partial charge >= 0.3 is 5.97 Å². The molecule has 0 aromatic rings. The van der Waals surface area contributed by atoms with Gasteiger partial charge in [-0.2, -0.15) is 0 Å². The van der Waals surface area contributed by atoms with E-state index in [1.165, 1.54) is 0 Å². The average molecular weight is 283 g/mol. The molecule has 114 valence electrons. The largest absolute Gasteiger partial charge is 0.456 e. The molecule has 5 heteroatoms. The molecule has 0 saturated heterocycles. The van der Waals surface area contributed by atoms with Gasteiger partial charge in [-0.05, 0) is 19.3 Å². The molecule has 0 aliphatic heterocycles. The van der Waals surface area contributed by atoms with Crippen molar-refractivity contribution in [2.75, 3.05) is 0 Å². The number of carbonyl (C=O) groups excluding carboxylic acids is 2. The maximum absolute atomic E-state index is 11.2. The van der Waals surface area contributed by atoms with Gasteiger partial charge in [-0.15, -0.1) is 0 Å². The number of rotatable bonds is 11. The average Bonchev–Trinajstić information content (AvgIpc) is 2.42. The number of amides is 1. The lowest BCUT2D eigenvalue weighted by Crippen LogP contribution is -2.30. The van der Waals surface area contributed by atoms with Crippen LogP contribution in [0.4, 0.5) is 0 Å². The highest BCUT2D eigenvalue weighted by molar-refractivity contribution is 5.81. The van der Waals surface area contributed by atoms with Crippen molar-refractivity contribution in [3.05, 3.63) is 24.8 Å². The molecule has 2 unspecified atom stereocenters. The number of primary amides is 1. The number of nitrogens with two attached hydrogens (primary N) is 1. The van der Waals surface area contributed by atoms with Crippen LogP contribution in [0.25, 0.3) is 0 Å². The van der Waals surface area contributed by atoms with Crippen LogP contribution in [0.15, 0.2) is 24.8 Å². The third-order valence-corrected chi connectivity index (χ3v) is 2.82. The second kappa shape index (κ2) is 11.2. The van der Waals surface area contributed by atoms with Crippen LogP contribution >= 0.6 is 0 Å². The Bertz CT molecular complexity index is 339. The third kappa shape index (κ3) is 9.33. The van der Waals surface area contributed by atoms with Crippen LogP contribution in [-0.4, -0.2) is 29.2 Å². The van der Waals surface area contributed by atoms with E-state index in [9.17, 15) is 14.7 Å². The van der Waals surface area contributed by atoms with Crippen molar-refractivity contribution < 1.29 is 19.4 Å². The maximum Gasteiger partial charge on any atom is 0.330 e. The van der Waals surface area contributed by atoms with Gasteiger partial charge in [0.25, 0.3) is 0 Å². The SMILES string of the molecule is C=CC(=O)OC(CCCCC)C(O)C/C=C/CC(N)=O. The second-order valence-electron chi connectivity index (χ2n) is 4.62. The molecule has 0 saturated carbocycles. The topological polar surface area (TPSA) is 89.6 Å². The summed E-state index contributed by atoms with van der Waals surface area (Å²) in [6.07, 6.45) is 7.03. The number of aliphatic hydroxyl groups excluding tert-OH is 1. The zero-order valence-corrected chi connectivity index (χ0v) is 12.1. The van der Waals surface area contributed by atoms with E-state index in [0.717, 1.165) is 25.3 Å². The molecular weight excluding hydrogens is 258 g/mol. The molecule has 0 heterocycles. The Morgan fingerprint density at radius 1 is 1.35 bits per heavy atom. The molecular formula is C15H25NO4. The molecule has 0 rings (SSSR count). The number of unbranched alkanes of at least 4 members (excludes halogenated alkanes) is 2. The summed E-state index contributed by atoms with van der Waals surface area (Å²) in [5, 5.41) is 10.0. The zero-order chi connectivity index (χ0) is 15.4. The van der Waals surface area contributed by atoms with Crippen LogP contribution in [0.1, 0.15) is 45.4 Å². The summed E-state index contributed by atoms with van der Waals surface area (Å²) in [4.78, 5) is 21.8. The van der Waals surface area contributed by atoms with E-state index in [-0.39, 0.29) is 6.42 Å². The van der Waals surface area contributed by atoms with Gasteiger partial charge in [0.05, 0.1) is 6.10 Å². The minimum absolute atomic E-state index is 0.139. The van der Waals surface area contributed by atoms with Gasteiger partial charge in [0, 0.05) is 12.5 Å². The van der Waals surface area contributed by atoms with Crippen LogP contribution in [0.5, 0.6) is 0 Å². The van der Waals surface area contributed by atoms with Crippen LogP contribution in [0, 0.1) is 0 Å². The summed E-state index contributed by atoms with van der Waals surface area (Å²) < 4.78 is 5.15. The fourth-order valence-electron chi connectivity index (χ4n) is 1.71. The van der Waals surface area contributed by atoms with E-state index in [4.69, 9.17) is 10.5 Å². The highest BCUT2D eigenvalue weighted by atomic mass is 16.6. The zero-order valence-electron chi connectivity index (χ0n) is 12.1. The Kier molecular flexibility index (Phi) is 10.3. The molecule has 0 aromatic heterocycles. The fourth-order valence-corrected chi connectivity index (χ4v) is 1.71. The normalized spacial score (nSPS) is 13.9. The summed E-state index contributed by atoms with van der Waals surface area (Å²) in [7, 11) is 0. The van der Waals surface area contributed by atoms with Gasteiger partial charge in [0.15, 0.2) is 0 Å². The standard InChI is InChI=1S/C15H25NO4/c1-3-5-6-10-13(20-15(19)4-2)12(17)9-7-8-11-14(16)18/h4,7-8,12-13,17H,2-3,5-6,9-11H2,1H3,(H2,16,18)/b8-7+. The smallest absolute Gasteiger partial charge is 0.330 e. The molecule has 3 N–H and O–H groups in total. The predicted molar refractivity (Wildman–Crippen MR) is 77.8 cm³/mol. The molecule has 20 heavy (non-hydrogen) atoms. The predicted octanol–water partition coefficient (Wildman–Crippen LogP) is 1.85. The summed E-state index contributed by atoms with van der Waals surface area (Å²) in [6.45, 7) is 5.42. The first-order valence-corrected chi connectivity index (χ1v) is 6.95. The Morgan fingerprint density at radius 3 is 2.60 bits per heavy atom. The Morgan fingerprint density at radius 2 is 2.05 bits per heavy atom. The fraction of sp³-hybridized carbons (Fsp3) is 0.600. The minimum Gasteiger partial charge on any atom is -0.456 e. The highest BCUT2D eigenvalue weighted by Gasteiger charge is 2.21. The Hall–Kier alpha value is -1.62. The van der Waals surface area contributed by atoms with Crippen molar-refractivity contribution >= 4 is 11.9 Å². The van der Waals surface area contributed by atoms with E-state index in [1.54, 1.807) is 12.2 Å². The summed E-state index contributed by atoms with van der Waals surface area (Å²) in [6, 6.07) is 0. The molecule has 0 fully saturated rings. The molecule has 5 nitrogen and oxygen atoms in total. The molecule has 0 aliphatic carbocycles. The first-order valence-electron chi connectivity index (χ1n) is 6.95. The van der Waals surface area contributed by atoms with E-state index < -0.39 is 24.1 Å². The van der Waals surface area contributed by atoms with Gasteiger partial charge in [-0.25, -0.2) is 4.79 Å². The van der Waals surface area contributed by atoms with Gasteiger partial charge in [-0.3, -0.25) is 4.79 Å². The van der Waals surface area contributed by atoms with Crippen molar-refractivity contribution in [1.29, 1.82) is 0 Å². The summed E-state index contributed by atoms with van der Waals surface area (Å²) >= 11 is 0. The van der Waals surface area contributed by atoms with Crippen LogP contribution in [-0.2, 0) is 14.3 Å². The maximum atomic E-state index is 11.2. The molecule has 1 amide bonds. The molecule has 2 atom stereocenters. The van der Waals surface area contributed by atoms with Crippen LogP contribution < -0.4 is 5.73 Å². The lowest BCUT2D eigenvalue weighted by molar-refractivity contribution is -0.149. The molecule has 0 bridgehead atoms. The molecule has 0 spiro atoms. The minimum atomic E-state index is -0.792. The van der Waals surface area contributed by atoms with Gasteiger partial charge < -0.3 is 15.6 Å². The lowest BCUT2D eigenvalue weighted by atomic mass is 10.0. The van der Waals surface area contributed by atoms with Crippen molar-refractivity contribution in [1.82, 2.24) is 0 Å². The van der Waals surface area contributed by atoms with E-state index in [1.807, 2.05) is 0 Å². The first-order chi connectivity index (χ1) is 9.51. The van der Waals surface area contributed by atoms with Gasteiger partial charge in [0.2, 0.25) is 5.91 Å². The van der Waals surface area contributed by atoms with Crippen molar-refractivity contribution in [3.8, 4) is 0 Å². The number of hydrogen-bond acceptors (Lipinski definition) is 4. The van der Waals surface area contributed by atoms with Gasteiger partial charge in [-0.1, -0.05) is 38.5 Å². The van der Waals surface area contributed by atoms with E-state index in [0.29, 0.717) is 12.8 Å². The quantitative estimate of drug-likeness (QED) is 0.262. The number of esters is 1. The molecule has 0 radical (unpaired) electrons. The Balaban J connectivity index is 4.33. The second-order valence-corrected chi connectivity index (χ2v) is 4.62. The highest BCUT2D eigenvalue weighted by Crippen LogP contribution is 2.14. The first kappa shape index (κ1) is 18.4. The number of aliphatic hydroxyl groups is 1. The number of hydrogen-bond donors (Lipinski definition) is 2. The lowest BCUT2D eigenvalue weighted by Gasteiger charge is -2.21. The molecule has 0 aromatic carbocycles. The van der Waals surface area contributed by atoms with Gasteiger partial charge in [0.1, 0.15) is 6.10 Å². The van der Waals surface area contributed by atoms with Crippen molar-refractivity contribution in [2.45, 2.75) is 57.7 Å². The number of carbonyl (C=O) groups is 2. The van der Waals surface area contributed by atoms with Crippen molar-refractivity contribution in [3.63, 3.8) is 0 Å².